The Hall–Kier alpha value is -1.84. The molecule has 0 aliphatic carbocycles. The summed E-state index contributed by atoms with van der Waals surface area (Å²) < 4.78 is 12.1. The summed E-state index contributed by atoms with van der Waals surface area (Å²) in [6.07, 6.45) is 0. The number of benzene rings is 2. The molecule has 2 rings (SSSR count). The number of anilines is 1. The van der Waals surface area contributed by atoms with E-state index in [1.54, 1.807) is 7.11 Å². The molecule has 0 radical (unpaired) electrons. The maximum Gasteiger partial charge on any atom is 0.262 e. The summed E-state index contributed by atoms with van der Waals surface area (Å²) in [7, 11) is 5.70. The summed E-state index contributed by atoms with van der Waals surface area (Å²) in [4.78, 5) is 14.2. The van der Waals surface area contributed by atoms with Gasteiger partial charge in [-0.05, 0) is 66.5 Å². The van der Waals surface area contributed by atoms with Gasteiger partial charge in [-0.2, -0.15) is 0 Å². The van der Waals surface area contributed by atoms with Crippen molar-refractivity contribution in [3.63, 3.8) is 0 Å². The third-order valence-electron chi connectivity index (χ3n) is 3.76. The van der Waals surface area contributed by atoms with E-state index in [0.29, 0.717) is 11.5 Å². The van der Waals surface area contributed by atoms with E-state index in [1.807, 2.05) is 56.6 Å². The van der Waals surface area contributed by atoms with Crippen LogP contribution >= 0.6 is 22.6 Å². The Morgan fingerprint density at radius 1 is 1.19 bits per heavy atom. The number of hydrogen-bond acceptors (Lipinski definition) is 5. The van der Waals surface area contributed by atoms with Gasteiger partial charge in [0.2, 0.25) is 0 Å². The second-order valence-corrected chi connectivity index (χ2v) is 7.45. The van der Waals surface area contributed by atoms with Crippen molar-refractivity contribution in [2.75, 3.05) is 46.2 Å². The Labute approximate surface area is 174 Å². The van der Waals surface area contributed by atoms with Gasteiger partial charge in [-0.15, -0.1) is 0 Å². The van der Waals surface area contributed by atoms with Gasteiger partial charge in [0, 0.05) is 25.3 Å². The molecular weight excluding hydrogens is 457 g/mol. The summed E-state index contributed by atoms with van der Waals surface area (Å²) in [5.74, 6) is 0.991. The normalized spacial score (nSPS) is 10.7. The molecule has 0 fully saturated rings. The fraction of sp³-hybridized carbons (Fsp3) is 0.350. The summed E-state index contributed by atoms with van der Waals surface area (Å²) in [6, 6.07) is 13.3. The Kier molecular flexibility index (Phi) is 8.83. The van der Waals surface area contributed by atoms with Gasteiger partial charge in [0.1, 0.15) is 0 Å². The largest absolute Gasteiger partial charge is 0.493 e. The van der Waals surface area contributed by atoms with Crippen molar-refractivity contribution in [2.45, 2.75) is 6.54 Å². The van der Waals surface area contributed by atoms with Crippen LogP contribution < -0.4 is 20.1 Å². The number of hydrogen-bond donors (Lipinski definition) is 2. The number of carbonyl (C=O) groups is 1. The van der Waals surface area contributed by atoms with Crippen molar-refractivity contribution in [2.24, 2.45) is 0 Å². The van der Waals surface area contributed by atoms with Crippen LogP contribution in [0, 0.1) is 3.57 Å². The molecule has 0 aromatic heterocycles. The van der Waals surface area contributed by atoms with E-state index in [2.05, 4.69) is 38.1 Å². The van der Waals surface area contributed by atoms with Crippen LogP contribution in [0.25, 0.3) is 0 Å². The highest BCUT2D eigenvalue weighted by molar-refractivity contribution is 14.1. The van der Waals surface area contributed by atoms with E-state index in [1.165, 1.54) is 0 Å². The lowest BCUT2D eigenvalue weighted by molar-refractivity contribution is -0.118. The molecule has 1 amide bonds. The number of carbonyl (C=O) groups excluding carboxylic acids is 1. The van der Waals surface area contributed by atoms with Crippen LogP contribution in [0.15, 0.2) is 42.5 Å². The van der Waals surface area contributed by atoms with Crippen LogP contribution in [0.1, 0.15) is 5.56 Å². The first-order chi connectivity index (χ1) is 13.0. The van der Waals surface area contributed by atoms with Crippen LogP contribution in [0.4, 0.5) is 5.69 Å². The lowest BCUT2D eigenvalue weighted by Gasteiger charge is -2.15. The van der Waals surface area contributed by atoms with Gasteiger partial charge in [0.15, 0.2) is 18.1 Å². The van der Waals surface area contributed by atoms with Crippen LogP contribution in [0.5, 0.6) is 11.5 Å². The third kappa shape index (κ3) is 7.36. The molecule has 0 saturated carbocycles. The molecule has 0 spiro atoms. The molecule has 7 heteroatoms. The molecule has 0 aliphatic heterocycles. The zero-order chi connectivity index (χ0) is 19.6. The van der Waals surface area contributed by atoms with Crippen molar-refractivity contribution in [1.82, 2.24) is 10.2 Å². The van der Waals surface area contributed by atoms with Crippen molar-refractivity contribution in [3.8, 4) is 11.5 Å². The smallest absolute Gasteiger partial charge is 0.262 e. The number of nitrogens with zero attached hydrogens (tertiary/aromatic N) is 1. The average Bonchev–Trinajstić information content (AvgIpc) is 2.64. The SMILES string of the molecule is COc1cc(CNCCN(C)C)cc(I)c1OCC(=O)Nc1ccccc1. The molecule has 0 bridgehead atoms. The first kappa shape index (κ1) is 21.5. The molecule has 6 nitrogen and oxygen atoms in total. The van der Waals surface area contributed by atoms with E-state index in [-0.39, 0.29) is 12.5 Å². The van der Waals surface area contributed by atoms with Crippen LogP contribution in [-0.2, 0) is 11.3 Å². The Morgan fingerprint density at radius 2 is 1.93 bits per heavy atom. The second-order valence-electron chi connectivity index (χ2n) is 6.29. The number of amides is 1. The summed E-state index contributed by atoms with van der Waals surface area (Å²) >= 11 is 2.20. The standard InChI is InChI=1S/C20H26IN3O3/c1-24(2)10-9-22-13-15-11-17(21)20(18(12-15)26-3)27-14-19(25)23-16-7-5-4-6-8-16/h4-8,11-12,22H,9-10,13-14H2,1-3H3,(H,23,25). The van der Waals surface area contributed by atoms with Crippen molar-refractivity contribution in [1.29, 1.82) is 0 Å². The third-order valence-corrected chi connectivity index (χ3v) is 4.56. The molecule has 0 aliphatic rings. The number of likely N-dealkylation sites (N-methyl/N-ethyl adjacent to an activating group) is 1. The first-order valence-corrected chi connectivity index (χ1v) is 9.77. The lowest BCUT2D eigenvalue weighted by Crippen LogP contribution is -2.26. The predicted molar refractivity (Wildman–Crippen MR) is 117 cm³/mol. The predicted octanol–water partition coefficient (Wildman–Crippen LogP) is 2.97. The van der Waals surface area contributed by atoms with Gasteiger partial charge in [-0.1, -0.05) is 18.2 Å². The van der Waals surface area contributed by atoms with Crippen molar-refractivity contribution in [3.05, 3.63) is 51.6 Å². The minimum atomic E-state index is -0.214. The Bertz CT molecular complexity index is 739. The molecular formula is C20H26IN3O3. The minimum Gasteiger partial charge on any atom is -0.493 e. The topological polar surface area (TPSA) is 62.8 Å². The number of halogens is 1. The van der Waals surface area contributed by atoms with E-state index in [0.717, 1.165) is 34.5 Å². The van der Waals surface area contributed by atoms with Gasteiger partial charge in [0.05, 0.1) is 10.7 Å². The maximum atomic E-state index is 12.1. The summed E-state index contributed by atoms with van der Waals surface area (Å²) in [6.45, 7) is 2.55. The van der Waals surface area contributed by atoms with Gasteiger partial charge in [-0.25, -0.2) is 0 Å². The van der Waals surface area contributed by atoms with Crippen LogP contribution in [0.2, 0.25) is 0 Å². The Balaban J connectivity index is 1.94. The fourth-order valence-corrected chi connectivity index (χ4v) is 3.23. The molecule has 0 unspecified atom stereocenters. The summed E-state index contributed by atoms with van der Waals surface area (Å²) in [5, 5.41) is 6.21. The summed E-state index contributed by atoms with van der Waals surface area (Å²) in [5.41, 5.74) is 1.85. The van der Waals surface area contributed by atoms with E-state index < -0.39 is 0 Å². The first-order valence-electron chi connectivity index (χ1n) is 8.69. The zero-order valence-electron chi connectivity index (χ0n) is 15.9. The van der Waals surface area contributed by atoms with Gasteiger partial charge in [0.25, 0.3) is 5.91 Å². The molecule has 0 atom stereocenters. The van der Waals surface area contributed by atoms with Gasteiger partial charge >= 0.3 is 0 Å². The van der Waals surface area contributed by atoms with Crippen molar-refractivity contribution >= 4 is 34.2 Å². The van der Waals surface area contributed by atoms with Gasteiger partial charge in [-0.3, -0.25) is 4.79 Å². The molecule has 2 aromatic carbocycles. The lowest BCUT2D eigenvalue weighted by atomic mass is 10.2. The number of nitrogens with one attached hydrogen (secondary N) is 2. The number of ether oxygens (including phenoxy) is 2. The van der Waals surface area contributed by atoms with E-state index in [4.69, 9.17) is 9.47 Å². The number of rotatable bonds is 10. The van der Waals surface area contributed by atoms with Crippen LogP contribution in [-0.4, -0.2) is 51.7 Å². The van der Waals surface area contributed by atoms with E-state index in [9.17, 15) is 4.79 Å². The second kappa shape index (κ2) is 11.1. The maximum absolute atomic E-state index is 12.1. The fourth-order valence-electron chi connectivity index (χ4n) is 2.41. The van der Waals surface area contributed by atoms with E-state index >= 15 is 0 Å². The Morgan fingerprint density at radius 3 is 2.59 bits per heavy atom. The molecule has 146 valence electrons. The van der Waals surface area contributed by atoms with Crippen LogP contribution in [0.3, 0.4) is 0 Å². The molecule has 0 saturated heterocycles. The molecule has 2 N–H and O–H groups in total. The average molecular weight is 483 g/mol. The quantitative estimate of drug-likeness (QED) is 0.402. The molecule has 0 heterocycles. The van der Waals surface area contributed by atoms with Gasteiger partial charge < -0.3 is 25.0 Å². The highest BCUT2D eigenvalue weighted by Crippen LogP contribution is 2.34. The monoisotopic (exact) mass is 483 g/mol. The molecule has 2 aromatic rings. The zero-order valence-corrected chi connectivity index (χ0v) is 18.1. The minimum absolute atomic E-state index is 0.0817. The highest BCUT2D eigenvalue weighted by atomic mass is 127. The highest BCUT2D eigenvalue weighted by Gasteiger charge is 2.13. The van der Waals surface area contributed by atoms with Crippen molar-refractivity contribution < 1.29 is 14.3 Å². The number of para-hydroxylation sites is 1. The number of methoxy groups -OCH3 is 1. The molecule has 27 heavy (non-hydrogen) atoms.